The molecular weight excluding hydrogens is 502 g/mol. The van der Waals surface area contributed by atoms with Crippen molar-refractivity contribution in [1.29, 1.82) is 0 Å². The number of benzene rings is 4. The summed E-state index contributed by atoms with van der Waals surface area (Å²) in [4.78, 5) is 36.1. The number of fused-ring (bicyclic) bond motifs is 1. The topological polar surface area (TPSA) is 97.5 Å². The Balaban J connectivity index is 1.67. The maximum absolute atomic E-state index is 13.2. The molecular formula is C34H31NO5. The molecule has 0 spiro atoms. The van der Waals surface area contributed by atoms with Crippen LogP contribution in [0.15, 0.2) is 84.9 Å². The molecule has 202 valence electrons. The number of nitrogens with zero attached hydrogens (tertiary/aromatic N) is 1. The van der Waals surface area contributed by atoms with Gasteiger partial charge in [0.15, 0.2) is 5.78 Å². The Bertz CT molecular complexity index is 1660. The molecule has 0 aliphatic heterocycles. The van der Waals surface area contributed by atoms with Crippen molar-refractivity contribution in [1.82, 2.24) is 0 Å². The standard InChI is InChI=1S/C34H31NO5/c1-33(2)16-17-34(3,4)30-20-28(23-8-7-9-24(18-23)35(39)40)27(19-29(30)33)21-12-14-22(15-13-21)31(36)25-10-5-6-11-26(25)32(37)38/h5-15,18-20H,16-17H2,1-4H3,(H,37,38). The van der Waals surface area contributed by atoms with Crippen LogP contribution >= 0.6 is 0 Å². The third-order valence-electron chi connectivity index (χ3n) is 8.22. The summed E-state index contributed by atoms with van der Waals surface area (Å²) in [6, 6.07) is 24.4. The second-order valence-electron chi connectivity index (χ2n) is 11.8. The Kier molecular flexibility index (Phi) is 6.66. The molecule has 6 heteroatoms. The van der Waals surface area contributed by atoms with Gasteiger partial charge in [0.25, 0.3) is 5.69 Å². The highest BCUT2D eigenvalue weighted by molar-refractivity contribution is 6.14. The fraction of sp³-hybridized carbons (Fsp3) is 0.235. The molecule has 0 saturated carbocycles. The van der Waals surface area contributed by atoms with Gasteiger partial charge < -0.3 is 5.11 Å². The fourth-order valence-corrected chi connectivity index (χ4v) is 5.70. The van der Waals surface area contributed by atoms with Crippen molar-refractivity contribution < 1.29 is 19.6 Å². The summed E-state index contributed by atoms with van der Waals surface area (Å²) in [5.74, 6) is -1.52. The van der Waals surface area contributed by atoms with Crippen molar-refractivity contribution in [3.8, 4) is 22.3 Å². The van der Waals surface area contributed by atoms with Crippen molar-refractivity contribution in [2.75, 3.05) is 0 Å². The molecule has 0 radical (unpaired) electrons. The normalized spacial score (nSPS) is 15.2. The molecule has 0 fully saturated rings. The van der Waals surface area contributed by atoms with Crippen molar-refractivity contribution >= 4 is 17.4 Å². The minimum Gasteiger partial charge on any atom is -0.478 e. The number of carbonyl (C=O) groups is 2. The zero-order valence-corrected chi connectivity index (χ0v) is 23.0. The first-order chi connectivity index (χ1) is 18.9. The summed E-state index contributed by atoms with van der Waals surface area (Å²) >= 11 is 0. The van der Waals surface area contributed by atoms with Crippen molar-refractivity contribution in [3.05, 3.63) is 123 Å². The summed E-state index contributed by atoms with van der Waals surface area (Å²) in [5, 5.41) is 21.1. The van der Waals surface area contributed by atoms with E-state index < -0.39 is 5.97 Å². The highest BCUT2D eigenvalue weighted by Crippen LogP contribution is 2.49. The maximum Gasteiger partial charge on any atom is 0.336 e. The van der Waals surface area contributed by atoms with Gasteiger partial charge in [-0.1, -0.05) is 82.3 Å². The first-order valence-corrected chi connectivity index (χ1v) is 13.3. The van der Waals surface area contributed by atoms with Crippen LogP contribution in [0.25, 0.3) is 22.3 Å². The molecule has 4 aromatic carbocycles. The predicted molar refractivity (Wildman–Crippen MR) is 156 cm³/mol. The quantitative estimate of drug-likeness (QED) is 0.153. The smallest absolute Gasteiger partial charge is 0.336 e. The lowest BCUT2D eigenvalue weighted by Crippen LogP contribution is -2.34. The Labute approximate surface area is 233 Å². The fourth-order valence-electron chi connectivity index (χ4n) is 5.70. The van der Waals surface area contributed by atoms with Crippen molar-refractivity contribution in [2.24, 2.45) is 0 Å². The van der Waals surface area contributed by atoms with Gasteiger partial charge in [-0.05, 0) is 75.3 Å². The number of carbonyl (C=O) groups excluding carboxylic acids is 1. The number of ketones is 1. The predicted octanol–water partition coefficient (Wildman–Crippen LogP) is 8.21. The number of carboxylic acid groups (broad SMARTS) is 1. The van der Waals surface area contributed by atoms with E-state index in [-0.39, 0.29) is 38.4 Å². The minimum atomic E-state index is -1.15. The largest absolute Gasteiger partial charge is 0.478 e. The third-order valence-corrected chi connectivity index (χ3v) is 8.22. The number of aromatic carboxylic acids is 1. The van der Waals surface area contributed by atoms with Gasteiger partial charge in [0.1, 0.15) is 0 Å². The molecule has 1 aliphatic carbocycles. The summed E-state index contributed by atoms with van der Waals surface area (Å²) < 4.78 is 0. The van der Waals surface area contributed by atoms with E-state index in [1.807, 2.05) is 18.2 Å². The zero-order chi connectivity index (χ0) is 28.8. The van der Waals surface area contributed by atoms with Gasteiger partial charge in [0.2, 0.25) is 0 Å². The lowest BCUT2D eigenvalue weighted by Gasteiger charge is -2.42. The maximum atomic E-state index is 13.2. The van der Waals surface area contributed by atoms with Gasteiger partial charge in [-0.25, -0.2) is 4.79 Å². The molecule has 0 atom stereocenters. The van der Waals surface area contributed by atoms with E-state index >= 15 is 0 Å². The van der Waals surface area contributed by atoms with Gasteiger partial charge in [-0.3, -0.25) is 14.9 Å². The first-order valence-electron chi connectivity index (χ1n) is 13.3. The van der Waals surface area contributed by atoms with Crippen molar-refractivity contribution in [2.45, 2.75) is 51.4 Å². The van der Waals surface area contributed by atoms with E-state index in [4.69, 9.17) is 0 Å². The lowest BCUT2D eigenvalue weighted by atomic mass is 9.62. The molecule has 0 saturated heterocycles. The van der Waals surface area contributed by atoms with Crippen molar-refractivity contribution in [3.63, 3.8) is 0 Å². The second kappa shape index (κ2) is 9.87. The monoisotopic (exact) mass is 533 g/mol. The molecule has 0 heterocycles. The van der Waals surface area contributed by atoms with Gasteiger partial charge in [-0.15, -0.1) is 0 Å². The van der Waals surface area contributed by atoms with Gasteiger partial charge in [0, 0.05) is 23.3 Å². The van der Waals surface area contributed by atoms with E-state index in [1.54, 1.807) is 36.4 Å². The summed E-state index contributed by atoms with van der Waals surface area (Å²) in [7, 11) is 0. The van der Waals surface area contributed by atoms with Crippen LogP contribution in [0.5, 0.6) is 0 Å². The van der Waals surface area contributed by atoms with Crippen LogP contribution in [0.1, 0.15) is 77.9 Å². The SMILES string of the molecule is CC1(C)CCC(C)(C)c2cc(-c3cccc([N+](=O)[O-])c3)c(-c3ccc(C(=O)c4ccccc4C(=O)O)cc3)cc21. The Morgan fingerprint density at radius 1 is 0.725 bits per heavy atom. The zero-order valence-electron chi connectivity index (χ0n) is 23.0. The van der Waals surface area contributed by atoms with Crippen LogP contribution in [0.2, 0.25) is 0 Å². The molecule has 6 nitrogen and oxygen atoms in total. The van der Waals surface area contributed by atoms with E-state index in [2.05, 4.69) is 39.8 Å². The molecule has 0 aromatic heterocycles. The van der Waals surface area contributed by atoms with E-state index in [1.165, 1.54) is 29.3 Å². The minimum absolute atomic E-state index is 0.0267. The number of rotatable bonds is 6. The molecule has 1 N–H and O–H groups in total. The third kappa shape index (κ3) is 4.81. The first kappa shape index (κ1) is 27.0. The van der Waals surface area contributed by atoms with E-state index in [9.17, 15) is 24.8 Å². The van der Waals surface area contributed by atoms with E-state index in [0.717, 1.165) is 35.1 Å². The van der Waals surface area contributed by atoms with Crippen LogP contribution in [0.4, 0.5) is 5.69 Å². The average Bonchev–Trinajstić information content (AvgIpc) is 2.94. The number of nitro benzene ring substituents is 1. The van der Waals surface area contributed by atoms with E-state index in [0.29, 0.717) is 5.56 Å². The number of hydrogen-bond acceptors (Lipinski definition) is 4. The van der Waals surface area contributed by atoms with Gasteiger partial charge in [0.05, 0.1) is 10.5 Å². The number of carboxylic acids is 1. The Morgan fingerprint density at radius 2 is 1.27 bits per heavy atom. The van der Waals surface area contributed by atoms with Crippen LogP contribution in [0.3, 0.4) is 0 Å². The molecule has 40 heavy (non-hydrogen) atoms. The highest BCUT2D eigenvalue weighted by atomic mass is 16.6. The number of non-ortho nitro benzene ring substituents is 1. The highest BCUT2D eigenvalue weighted by Gasteiger charge is 2.38. The Morgan fingerprint density at radius 3 is 1.82 bits per heavy atom. The summed E-state index contributed by atoms with van der Waals surface area (Å²) in [5.41, 5.74) is 6.35. The second-order valence-corrected chi connectivity index (χ2v) is 11.8. The average molecular weight is 534 g/mol. The molecule has 5 rings (SSSR count). The van der Waals surface area contributed by atoms with Gasteiger partial charge in [-0.2, -0.15) is 0 Å². The van der Waals surface area contributed by atoms with Crippen LogP contribution < -0.4 is 0 Å². The lowest BCUT2D eigenvalue weighted by molar-refractivity contribution is -0.384. The van der Waals surface area contributed by atoms with Crippen LogP contribution in [0, 0.1) is 10.1 Å². The molecule has 0 bridgehead atoms. The van der Waals surface area contributed by atoms with Crippen LogP contribution in [-0.4, -0.2) is 21.8 Å². The molecule has 0 unspecified atom stereocenters. The summed E-state index contributed by atoms with van der Waals surface area (Å²) in [6.07, 6.45) is 2.08. The molecule has 0 amide bonds. The Hall–Kier alpha value is -4.58. The van der Waals surface area contributed by atoms with Crippen LogP contribution in [-0.2, 0) is 10.8 Å². The number of hydrogen-bond donors (Lipinski definition) is 1. The molecule has 1 aliphatic rings. The molecule has 4 aromatic rings. The van der Waals surface area contributed by atoms with Gasteiger partial charge >= 0.3 is 5.97 Å². The summed E-state index contributed by atoms with van der Waals surface area (Å²) in [6.45, 7) is 8.99. The number of nitro groups is 1.